The standard InChI is InChI=1S/C8H9BrN4O3S/c1-10-7(4-13(15)16)12(5-14)3-6-2-11-8(9)17-6/h2,4-5,10H,3H2,1H3. The summed E-state index contributed by atoms with van der Waals surface area (Å²) in [5, 5.41) is 13.0. The molecule has 0 aliphatic rings. The highest BCUT2D eigenvalue weighted by atomic mass is 79.9. The fourth-order valence-electron chi connectivity index (χ4n) is 1.09. The Labute approximate surface area is 109 Å². The molecule has 0 saturated heterocycles. The van der Waals surface area contributed by atoms with Gasteiger partial charge in [0.1, 0.15) is 0 Å². The van der Waals surface area contributed by atoms with E-state index in [9.17, 15) is 14.9 Å². The van der Waals surface area contributed by atoms with Gasteiger partial charge in [0.05, 0.1) is 11.5 Å². The Hall–Kier alpha value is -1.48. The van der Waals surface area contributed by atoms with Crippen molar-refractivity contribution in [3.63, 3.8) is 0 Å². The third-order valence-electron chi connectivity index (χ3n) is 1.77. The molecular weight excluding hydrogens is 312 g/mol. The highest BCUT2D eigenvalue weighted by Gasteiger charge is 2.13. The summed E-state index contributed by atoms with van der Waals surface area (Å²) in [6.45, 7) is 0.229. The van der Waals surface area contributed by atoms with E-state index in [-0.39, 0.29) is 12.4 Å². The molecule has 0 aliphatic carbocycles. The van der Waals surface area contributed by atoms with Crippen molar-refractivity contribution in [2.75, 3.05) is 7.05 Å². The molecule has 1 N–H and O–H groups in total. The van der Waals surface area contributed by atoms with Crippen molar-refractivity contribution < 1.29 is 9.72 Å². The van der Waals surface area contributed by atoms with E-state index in [1.165, 1.54) is 23.3 Å². The van der Waals surface area contributed by atoms with Gasteiger partial charge in [-0.3, -0.25) is 19.8 Å². The molecule has 9 heteroatoms. The minimum absolute atomic E-state index is 0.120. The molecule has 0 atom stereocenters. The Balaban J connectivity index is 2.83. The number of nitrogens with zero attached hydrogens (tertiary/aromatic N) is 3. The van der Waals surface area contributed by atoms with Crippen molar-refractivity contribution in [2.45, 2.75) is 6.54 Å². The maximum absolute atomic E-state index is 10.9. The monoisotopic (exact) mass is 320 g/mol. The molecule has 92 valence electrons. The molecule has 7 nitrogen and oxygen atoms in total. The van der Waals surface area contributed by atoms with Gasteiger partial charge in [0.2, 0.25) is 6.41 Å². The lowest BCUT2D eigenvalue weighted by Crippen LogP contribution is -2.28. The third kappa shape index (κ3) is 4.11. The van der Waals surface area contributed by atoms with Gasteiger partial charge in [-0.15, -0.1) is 11.3 Å². The molecule has 1 aromatic heterocycles. The molecule has 0 radical (unpaired) electrons. The molecule has 17 heavy (non-hydrogen) atoms. The van der Waals surface area contributed by atoms with E-state index in [1.54, 1.807) is 6.20 Å². The first-order valence-electron chi connectivity index (χ1n) is 4.42. The van der Waals surface area contributed by atoms with Gasteiger partial charge >= 0.3 is 0 Å². The summed E-state index contributed by atoms with van der Waals surface area (Å²) < 4.78 is 0.697. The van der Waals surface area contributed by atoms with Crippen molar-refractivity contribution in [1.82, 2.24) is 15.2 Å². The first-order chi connectivity index (χ1) is 8.06. The minimum Gasteiger partial charge on any atom is -0.369 e. The van der Waals surface area contributed by atoms with Crippen LogP contribution in [-0.4, -0.2) is 28.3 Å². The summed E-state index contributed by atoms with van der Waals surface area (Å²) in [6.07, 6.45) is 2.87. The lowest BCUT2D eigenvalue weighted by Gasteiger charge is -2.16. The molecule has 0 aliphatic heterocycles. The smallest absolute Gasteiger partial charge is 0.274 e. The Kier molecular flexibility index (Phi) is 5.04. The van der Waals surface area contributed by atoms with Gasteiger partial charge in [0.15, 0.2) is 9.74 Å². The zero-order valence-corrected chi connectivity index (χ0v) is 11.2. The van der Waals surface area contributed by atoms with E-state index in [4.69, 9.17) is 0 Å². The van der Waals surface area contributed by atoms with Crippen molar-refractivity contribution >= 4 is 33.7 Å². The van der Waals surface area contributed by atoms with Crippen molar-refractivity contribution in [3.05, 3.63) is 37.1 Å². The zero-order valence-electron chi connectivity index (χ0n) is 8.79. The maximum atomic E-state index is 10.9. The number of thiazole rings is 1. The minimum atomic E-state index is -0.620. The van der Waals surface area contributed by atoms with E-state index in [2.05, 4.69) is 26.2 Å². The first kappa shape index (κ1) is 13.6. The van der Waals surface area contributed by atoms with Crippen LogP contribution >= 0.6 is 27.3 Å². The van der Waals surface area contributed by atoms with Crippen LogP contribution in [0.3, 0.4) is 0 Å². The second-order valence-corrected chi connectivity index (χ2v) is 5.25. The predicted octanol–water partition coefficient (Wildman–Crippen LogP) is 1.16. The van der Waals surface area contributed by atoms with Gasteiger partial charge in [0.25, 0.3) is 6.20 Å². The maximum Gasteiger partial charge on any atom is 0.274 e. The van der Waals surface area contributed by atoms with E-state index >= 15 is 0 Å². The van der Waals surface area contributed by atoms with E-state index in [1.807, 2.05) is 0 Å². The lowest BCUT2D eigenvalue weighted by molar-refractivity contribution is -0.404. The number of aromatic nitrogens is 1. The third-order valence-corrected chi connectivity index (χ3v) is 3.23. The average Bonchev–Trinajstić information content (AvgIpc) is 2.68. The quantitative estimate of drug-likeness (QED) is 0.482. The number of hydrogen-bond donors (Lipinski definition) is 1. The van der Waals surface area contributed by atoms with Crippen molar-refractivity contribution in [1.29, 1.82) is 0 Å². The van der Waals surface area contributed by atoms with Gasteiger partial charge in [-0.05, 0) is 15.9 Å². The number of hydrogen-bond acceptors (Lipinski definition) is 6. The Morgan fingerprint density at radius 2 is 2.53 bits per heavy atom. The fourth-order valence-corrected chi connectivity index (χ4v) is 2.44. The SMILES string of the molecule is CNC(=C[N+](=O)[O-])N(C=O)Cc1cnc(Br)s1. The summed E-state index contributed by atoms with van der Waals surface area (Å²) in [4.78, 5) is 26.6. The molecule has 0 fully saturated rings. The predicted molar refractivity (Wildman–Crippen MR) is 65.6 cm³/mol. The van der Waals surface area contributed by atoms with Crippen LogP contribution in [-0.2, 0) is 11.3 Å². The fraction of sp³-hybridized carbons (Fsp3) is 0.250. The molecule has 0 spiro atoms. The topological polar surface area (TPSA) is 88.4 Å². The highest BCUT2D eigenvalue weighted by molar-refractivity contribution is 9.11. The molecule has 0 unspecified atom stereocenters. The number of amides is 1. The van der Waals surface area contributed by atoms with Crippen LogP contribution < -0.4 is 5.32 Å². The number of rotatable bonds is 6. The molecule has 1 amide bonds. The highest BCUT2D eigenvalue weighted by Crippen LogP contribution is 2.20. The van der Waals surface area contributed by atoms with Gasteiger partial charge in [-0.2, -0.15) is 0 Å². The number of carbonyl (C=O) groups excluding carboxylic acids is 1. The molecule has 0 bridgehead atoms. The van der Waals surface area contributed by atoms with Crippen LogP contribution in [0.4, 0.5) is 0 Å². The molecule has 0 aromatic carbocycles. The molecule has 1 rings (SSSR count). The molecule has 0 saturated carbocycles. The van der Waals surface area contributed by atoms with Crippen molar-refractivity contribution in [3.8, 4) is 0 Å². The van der Waals surface area contributed by atoms with Crippen LogP contribution in [0.1, 0.15) is 4.88 Å². The summed E-state index contributed by atoms with van der Waals surface area (Å²) in [6, 6.07) is 0. The van der Waals surface area contributed by atoms with E-state index in [0.717, 1.165) is 11.1 Å². The van der Waals surface area contributed by atoms with Gasteiger partial charge in [-0.25, -0.2) is 4.98 Å². The van der Waals surface area contributed by atoms with Crippen LogP contribution in [0.5, 0.6) is 0 Å². The van der Waals surface area contributed by atoms with Crippen LogP contribution in [0, 0.1) is 10.1 Å². The second kappa shape index (κ2) is 6.30. The first-order valence-corrected chi connectivity index (χ1v) is 6.03. The normalized spacial score (nSPS) is 11.1. The molecular formula is C8H9BrN4O3S. The van der Waals surface area contributed by atoms with Crippen LogP contribution in [0.15, 0.2) is 22.1 Å². The largest absolute Gasteiger partial charge is 0.369 e. The van der Waals surface area contributed by atoms with Gasteiger partial charge in [-0.1, -0.05) is 0 Å². The van der Waals surface area contributed by atoms with Gasteiger partial charge in [0, 0.05) is 18.1 Å². The van der Waals surface area contributed by atoms with Crippen molar-refractivity contribution in [2.24, 2.45) is 0 Å². The average molecular weight is 321 g/mol. The summed E-state index contributed by atoms with van der Waals surface area (Å²) in [5.74, 6) is 0.120. The van der Waals surface area contributed by atoms with Crippen LogP contribution in [0.2, 0.25) is 0 Å². The number of halogens is 1. The Morgan fingerprint density at radius 1 is 1.82 bits per heavy atom. The summed E-state index contributed by atoms with van der Waals surface area (Å²) in [5.41, 5.74) is 0. The Morgan fingerprint density at radius 3 is 2.94 bits per heavy atom. The number of carbonyl (C=O) groups is 1. The second-order valence-electron chi connectivity index (χ2n) is 2.86. The van der Waals surface area contributed by atoms with Crippen LogP contribution in [0.25, 0.3) is 0 Å². The molecule has 1 heterocycles. The van der Waals surface area contributed by atoms with E-state index in [0.29, 0.717) is 10.3 Å². The Bertz CT molecular complexity index is 448. The summed E-state index contributed by atoms with van der Waals surface area (Å²) >= 11 is 4.56. The summed E-state index contributed by atoms with van der Waals surface area (Å²) in [7, 11) is 1.51. The number of nitrogens with one attached hydrogen (secondary N) is 1. The zero-order chi connectivity index (χ0) is 12.8. The van der Waals surface area contributed by atoms with E-state index < -0.39 is 4.92 Å². The molecule has 1 aromatic rings. The van der Waals surface area contributed by atoms with Gasteiger partial charge < -0.3 is 5.32 Å². The number of nitro groups is 1. The lowest BCUT2D eigenvalue weighted by atomic mass is 10.5.